The van der Waals surface area contributed by atoms with Crippen molar-refractivity contribution in [2.75, 3.05) is 19.7 Å². The van der Waals surface area contributed by atoms with Crippen molar-refractivity contribution >= 4 is 23.2 Å². The zero-order valence-corrected chi connectivity index (χ0v) is 10.8. The lowest BCUT2D eigenvalue weighted by atomic mass is 10.3. The second-order valence-corrected chi connectivity index (χ2v) is 4.30. The molecular weight excluding hydrogens is 261 g/mol. The fourth-order valence-corrected chi connectivity index (χ4v) is 1.46. The van der Waals surface area contributed by atoms with E-state index < -0.39 is 6.10 Å². The second kappa shape index (κ2) is 7.56. The Labute approximate surface area is 111 Å². The molecule has 5 heteroatoms. The maximum atomic E-state index is 9.58. The molecular formula is C12H15Cl2NO2. The largest absolute Gasteiger partial charge is 0.491 e. The van der Waals surface area contributed by atoms with Crippen molar-refractivity contribution in [3.8, 4) is 5.75 Å². The van der Waals surface area contributed by atoms with E-state index in [0.717, 1.165) is 0 Å². The normalized spacial score (nSPS) is 12.2. The van der Waals surface area contributed by atoms with Gasteiger partial charge in [0.15, 0.2) is 0 Å². The van der Waals surface area contributed by atoms with Gasteiger partial charge in [-0.15, -0.1) is 6.58 Å². The van der Waals surface area contributed by atoms with E-state index in [2.05, 4.69) is 11.9 Å². The Morgan fingerprint density at radius 1 is 1.41 bits per heavy atom. The fourth-order valence-electron chi connectivity index (χ4n) is 1.17. The van der Waals surface area contributed by atoms with Gasteiger partial charge in [0.2, 0.25) is 0 Å². The molecule has 0 spiro atoms. The molecule has 1 rings (SSSR count). The van der Waals surface area contributed by atoms with E-state index in [-0.39, 0.29) is 6.61 Å². The number of hydrogen-bond donors (Lipinski definition) is 2. The smallest absolute Gasteiger partial charge is 0.121 e. The van der Waals surface area contributed by atoms with Gasteiger partial charge in [-0.05, 0) is 12.1 Å². The molecule has 3 nitrogen and oxygen atoms in total. The Hall–Kier alpha value is -0.740. The van der Waals surface area contributed by atoms with Gasteiger partial charge >= 0.3 is 0 Å². The van der Waals surface area contributed by atoms with Crippen molar-refractivity contribution in [2.24, 2.45) is 0 Å². The van der Waals surface area contributed by atoms with Crippen LogP contribution < -0.4 is 10.1 Å². The molecule has 0 fully saturated rings. The Balaban J connectivity index is 2.34. The molecule has 94 valence electrons. The van der Waals surface area contributed by atoms with Gasteiger partial charge in [-0.2, -0.15) is 0 Å². The van der Waals surface area contributed by atoms with E-state index in [1.165, 1.54) is 0 Å². The number of rotatable bonds is 7. The van der Waals surface area contributed by atoms with Gasteiger partial charge in [0.1, 0.15) is 18.5 Å². The van der Waals surface area contributed by atoms with Gasteiger partial charge in [-0.3, -0.25) is 0 Å². The highest BCUT2D eigenvalue weighted by atomic mass is 35.5. The molecule has 0 radical (unpaired) electrons. The molecule has 0 aliphatic rings. The zero-order chi connectivity index (χ0) is 12.7. The summed E-state index contributed by atoms with van der Waals surface area (Å²) in [5.74, 6) is 0.585. The molecule has 0 heterocycles. The van der Waals surface area contributed by atoms with Crippen LogP contribution in [0.5, 0.6) is 5.75 Å². The molecule has 0 aliphatic heterocycles. The SMILES string of the molecule is C=CCNCC(O)COc1ccc(Cl)c(Cl)c1. The summed E-state index contributed by atoms with van der Waals surface area (Å²) in [6.07, 6.45) is 1.15. The van der Waals surface area contributed by atoms with Gasteiger partial charge in [0, 0.05) is 19.2 Å². The second-order valence-electron chi connectivity index (χ2n) is 3.49. The molecule has 0 amide bonds. The van der Waals surface area contributed by atoms with Crippen molar-refractivity contribution < 1.29 is 9.84 Å². The highest BCUT2D eigenvalue weighted by Gasteiger charge is 2.05. The van der Waals surface area contributed by atoms with E-state index in [0.29, 0.717) is 28.9 Å². The van der Waals surface area contributed by atoms with Crippen molar-refractivity contribution in [1.29, 1.82) is 0 Å². The highest BCUT2D eigenvalue weighted by Crippen LogP contribution is 2.26. The predicted molar refractivity (Wildman–Crippen MR) is 71.0 cm³/mol. The van der Waals surface area contributed by atoms with E-state index >= 15 is 0 Å². The van der Waals surface area contributed by atoms with Crippen molar-refractivity contribution in [1.82, 2.24) is 5.32 Å². The first-order valence-corrected chi connectivity index (χ1v) is 5.96. The van der Waals surface area contributed by atoms with Crippen LogP contribution in [-0.4, -0.2) is 30.9 Å². The summed E-state index contributed by atoms with van der Waals surface area (Å²) in [4.78, 5) is 0. The molecule has 1 aromatic rings. The average Bonchev–Trinajstić information content (AvgIpc) is 2.31. The van der Waals surface area contributed by atoms with Crippen LogP contribution in [0.15, 0.2) is 30.9 Å². The lowest BCUT2D eigenvalue weighted by Crippen LogP contribution is -2.31. The van der Waals surface area contributed by atoms with Gasteiger partial charge in [-0.25, -0.2) is 0 Å². The molecule has 17 heavy (non-hydrogen) atoms. The number of halogens is 2. The standard InChI is InChI=1S/C12H15Cl2NO2/c1-2-5-15-7-9(16)8-17-10-3-4-11(13)12(14)6-10/h2-4,6,9,15-16H,1,5,7-8H2. The third-order valence-electron chi connectivity index (χ3n) is 2.00. The first-order chi connectivity index (χ1) is 8.13. The third-order valence-corrected chi connectivity index (χ3v) is 2.74. The number of aliphatic hydroxyl groups is 1. The quantitative estimate of drug-likeness (QED) is 0.594. The molecule has 2 N–H and O–H groups in total. The summed E-state index contributed by atoms with van der Waals surface area (Å²) in [6, 6.07) is 4.98. The summed E-state index contributed by atoms with van der Waals surface area (Å²) < 4.78 is 5.38. The molecule has 0 bridgehead atoms. The van der Waals surface area contributed by atoms with Crippen LogP contribution in [0.1, 0.15) is 0 Å². The Morgan fingerprint density at radius 2 is 2.18 bits per heavy atom. The van der Waals surface area contributed by atoms with Crippen LogP contribution in [0.2, 0.25) is 10.0 Å². The number of aliphatic hydroxyl groups excluding tert-OH is 1. The first-order valence-electron chi connectivity index (χ1n) is 5.21. The van der Waals surface area contributed by atoms with Gasteiger partial charge in [0.05, 0.1) is 10.0 Å². The van der Waals surface area contributed by atoms with Gasteiger partial charge < -0.3 is 15.2 Å². The minimum absolute atomic E-state index is 0.197. The van der Waals surface area contributed by atoms with Crippen molar-refractivity contribution in [3.05, 3.63) is 40.9 Å². The van der Waals surface area contributed by atoms with Crippen LogP contribution in [0.4, 0.5) is 0 Å². The highest BCUT2D eigenvalue weighted by molar-refractivity contribution is 6.42. The van der Waals surface area contributed by atoms with Crippen LogP contribution in [0.3, 0.4) is 0 Å². The summed E-state index contributed by atoms with van der Waals surface area (Å²) in [5, 5.41) is 13.5. The lowest BCUT2D eigenvalue weighted by Gasteiger charge is -2.12. The summed E-state index contributed by atoms with van der Waals surface area (Å²) >= 11 is 11.6. The number of hydrogen-bond acceptors (Lipinski definition) is 3. The van der Waals surface area contributed by atoms with Crippen molar-refractivity contribution in [3.63, 3.8) is 0 Å². The number of ether oxygens (including phenoxy) is 1. The third kappa shape index (κ3) is 5.41. The van der Waals surface area contributed by atoms with Gasteiger partial charge in [0.25, 0.3) is 0 Å². The monoisotopic (exact) mass is 275 g/mol. The van der Waals surface area contributed by atoms with E-state index in [1.54, 1.807) is 24.3 Å². The molecule has 0 aromatic heterocycles. The molecule has 0 aliphatic carbocycles. The van der Waals surface area contributed by atoms with E-state index in [1.807, 2.05) is 0 Å². The molecule has 1 aromatic carbocycles. The van der Waals surface area contributed by atoms with Crippen molar-refractivity contribution in [2.45, 2.75) is 6.10 Å². The Morgan fingerprint density at radius 3 is 2.82 bits per heavy atom. The summed E-state index contributed by atoms with van der Waals surface area (Å²) in [5.41, 5.74) is 0. The summed E-state index contributed by atoms with van der Waals surface area (Å²) in [7, 11) is 0. The zero-order valence-electron chi connectivity index (χ0n) is 9.33. The van der Waals surface area contributed by atoms with Crippen LogP contribution >= 0.6 is 23.2 Å². The van der Waals surface area contributed by atoms with Crippen LogP contribution in [-0.2, 0) is 0 Å². The summed E-state index contributed by atoms with van der Waals surface area (Å²) in [6.45, 7) is 4.87. The maximum absolute atomic E-state index is 9.58. The van der Waals surface area contributed by atoms with Gasteiger partial charge in [-0.1, -0.05) is 29.3 Å². The fraction of sp³-hybridized carbons (Fsp3) is 0.333. The van der Waals surface area contributed by atoms with E-state index in [4.69, 9.17) is 27.9 Å². The van der Waals surface area contributed by atoms with Crippen LogP contribution in [0, 0.1) is 0 Å². The first kappa shape index (κ1) is 14.3. The molecule has 0 saturated heterocycles. The number of nitrogens with one attached hydrogen (secondary N) is 1. The molecule has 1 atom stereocenters. The predicted octanol–water partition coefficient (Wildman–Crippen LogP) is 2.51. The molecule has 1 unspecified atom stereocenters. The lowest BCUT2D eigenvalue weighted by molar-refractivity contribution is 0.107. The minimum atomic E-state index is -0.579. The number of benzene rings is 1. The maximum Gasteiger partial charge on any atom is 0.121 e. The Bertz CT molecular complexity index is 372. The van der Waals surface area contributed by atoms with Crippen LogP contribution in [0.25, 0.3) is 0 Å². The minimum Gasteiger partial charge on any atom is -0.491 e. The Kier molecular flexibility index (Phi) is 6.37. The topological polar surface area (TPSA) is 41.5 Å². The van der Waals surface area contributed by atoms with E-state index in [9.17, 15) is 5.11 Å². The molecule has 0 saturated carbocycles. The average molecular weight is 276 g/mol.